The third-order valence-corrected chi connectivity index (χ3v) is 3.54. The third kappa shape index (κ3) is 3.16. The Morgan fingerprint density at radius 3 is 1.58 bits per heavy atom. The highest BCUT2D eigenvalue weighted by Crippen LogP contribution is 2.30. The summed E-state index contributed by atoms with van der Waals surface area (Å²) in [4.78, 5) is 0. The molecular formula is C12H26. The average Bonchev–Trinajstić information content (AvgIpc) is 2.03. The van der Waals surface area contributed by atoms with Crippen LogP contribution in [0.4, 0.5) is 0 Å². The number of rotatable bonds is 5. The Morgan fingerprint density at radius 2 is 1.33 bits per heavy atom. The first kappa shape index (κ1) is 12.0. The van der Waals surface area contributed by atoms with E-state index in [1.807, 2.05) is 0 Å². The van der Waals surface area contributed by atoms with E-state index < -0.39 is 0 Å². The van der Waals surface area contributed by atoms with Crippen LogP contribution in [0.25, 0.3) is 0 Å². The molecule has 0 aromatic rings. The van der Waals surface area contributed by atoms with Crippen molar-refractivity contribution >= 4 is 0 Å². The lowest BCUT2D eigenvalue weighted by atomic mass is 9.75. The van der Waals surface area contributed by atoms with E-state index in [0.717, 1.165) is 23.7 Å². The van der Waals surface area contributed by atoms with E-state index in [-0.39, 0.29) is 0 Å². The smallest absolute Gasteiger partial charge is 0.0365 e. The van der Waals surface area contributed by atoms with Crippen LogP contribution in [0.15, 0.2) is 0 Å². The molecule has 0 N–H and O–H groups in total. The lowest BCUT2D eigenvalue weighted by molar-refractivity contribution is 0.195. The molecule has 0 spiro atoms. The SMILES string of the molecule is CCC(C)C(C)C(CC)C(C)C. The molecule has 0 nitrogen and oxygen atoms in total. The molecule has 0 fully saturated rings. The first-order chi connectivity index (χ1) is 5.54. The summed E-state index contributed by atoms with van der Waals surface area (Å²) in [6.07, 6.45) is 2.66. The predicted molar refractivity (Wildman–Crippen MR) is 57.2 cm³/mol. The molecule has 0 aliphatic rings. The highest BCUT2D eigenvalue weighted by atomic mass is 14.3. The molecule has 3 unspecified atom stereocenters. The number of hydrogen-bond acceptors (Lipinski definition) is 0. The molecule has 0 aromatic heterocycles. The Kier molecular flexibility index (Phi) is 5.61. The molecule has 0 aliphatic heterocycles. The molecule has 12 heavy (non-hydrogen) atoms. The Bertz CT molecular complexity index is 105. The summed E-state index contributed by atoms with van der Waals surface area (Å²) in [5.41, 5.74) is 0. The fraction of sp³-hybridized carbons (Fsp3) is 1.00. The van der Waals surface area contributed by atoms with Gasteiger partial charge < -0.3 is 0 Å². The lowest BCUT2D eigenvalue weighted by Gasteiger charge is -2.30. The number of hydrogen-bond donors (Lipinski definition) is 0. The highest BCUT2D eigenvalue weighted by molar-refractivity contribution is 4.72. The maximum atomic E-state index is 2.42. The summed E-state index contributed by atoms with van der Waals surface area (Å²) in [6.45, 7) is 14.1. The van der Waals surface area contributed by atoms with Crippen LogP contribution in [0.3, 0.4) is 0 Å². The summed E-state index contributed by atoms with van der Waals surface area (Å²) in [5.74, 6) is 3.54. The van der Waals surface area contributed by atoms with Crippen LogP contribution in [0.2, 0.25) is 0 Å². The van der Waals surface area contributed by atoms with Crippen molar-refractivity contribution in [3.8, 4) is 0 Å². The quantitative estimate of drug-likeness (QED) is 0.575. The van der Waals surface area contributed by atoms with Crippen molar-refractivity contribution in [3.63, 3.8) is 0 Å². The molecule has 0 saturated heterocycles. The zero-order valence-electron chi connectivity index (χ0n) is 9.72. The van der Waals surface area contributed by atoms with E-state index in [4.69, 9.17) is 0 Å². The van der Waals surface area contributed by atoms with Gasteiger partial charge in [-0.15, -0.1) is 0 Å². The van der Waals surface area contributed by atoms with E-state index in [0.29, 0.717) is 0 Å². The second-order valence-corrected chi connectivity index (χ2v) is 4.56. The van der Waals surface area contributed by atoms with Gasteiger partial charge in [0, 0.05) is 0 Å². The van der Waals surface area contributed by atoms with Gasteiger partial charge in [0.1, 0.15) is 0 Å². The van der Waals surface area contributed by atoms with Crippen molar-refractivity contribution in [1.29, 1.82) is 0 Å². The third-order valence-electron chi connectivity index (χ3n) is 3.54. The van der Waals surface area contributed by atoms with Gasteiger partial charge in [-0.1, -0.05) is 54.4 Å². The van der Waals surface area contributed by atoms with Crippen molar-refractivity contribution in [1.82, 2.24) is 0 Å². The van der Waals surface area contributed by atoms with E-state index in [1.54, 1.807) is 0 Å². The molecule has 0 saturated carbocycles. The minimum absolute atomic E-state index is 0.846. The zero-order valence-corrected chi connectivity index (χ0v) is 9.72. The summed E-state index contributed by atoms with van der Waals surface area (Å²) in [5, 5.41) is 0. The second-order valence-electron chi connectivity index (χ2n) is 4.56. The van der Waals surface area contributed by atoms with Gasteiger partial charge in [-0.25, -0.2) is 0 Å². The largest absolute Gasteiger partial charge is 0.0651 e. The normalized spacial score (nSPS) is 19.2. The lowest BCUT2D eigenvalue weighted by Crippen LogP contribution is -2.22. The molecule has 0 bridgehead atoms. The summed E-state index contributed by atoms with van der Waals surface area (Å²) < 4.78 is 0. The Hall–Kier alpha value is 0. The first-order valence-corrected chi connectivity index (χ1v) is 5.54. The van der Waals surface area contributed by atoms with Crippen molar-refractivity contribution in [3.05, 3.63) is 0 Å². The predicted octanol–water partition coefficient (Wildman–Crippen LogP) is 4.35. The summed E-state index contributed by atoms with van der Waals surface area (Å²) in [6, 6.07) is 0. The van der Waals surface area contributed by atoms with Crippen LogP contribution in [0.5, 0.6) is 0 Å². The minimum atomic E-state index is 0.846. The van der Waals surface area contributed by atoms with Gasteiger partial charge in [0.2, 0.25) is 0 Å². The van der Waals surface area contributed by atoms with Gasteiger partial charge in [0.25, 0.3) is 0 Å². The highest BCUT2D eigenvalue weighted by Gasteiger charge is 2.22. The topological polar surface area (TPSA) is 0 Å². The van der Waals surface area contributed by atoms with Crippen LogP contribution in [-0.2, 0) is 0 Å². The summed E-state index contributed by atoms with van der Waals surface area (Å²) in [7, 11) is 0. The van der Waals surface area contributed by atoms with Gasteiger partial charge in [0.05, 0.1) is 0 Å². The molecule has 0 aliphatic carbocycles. The van der Waals surface area contributed by atoms with E-state index >= 15 is 0 Å². The molecule has 74 valence electrons. The van der Waals surface area contributed by atoms with Gasteiger partial charge in [-0.2, -0.15) is 0 Å². The second kappa shape index (κ2) is 5.61. The van der Waals surface area contributed by atoms with Crippen LogP contribution in [0, 0.1) is 23.7 Å². The van der Waals surface area contributed by atoms with Crippen molar-refractivity contribution < 1.29 is 0 Å². The molecule has 3 atom stereocenters. The van der Waals surface area contributed by atoms with Gasteiger partial charge in [-0.3, -0.25) is 0 Å². The van der Waals surface area contributed by atoms with Gasteiger partial charge in [0.15, 0.2) is 0 Å². The molecule has 0 aromatic carbocycles. The Labute approximate surface area is 78.8 Å². The van der Waals surface area contributed by atoms with Crippen LogP contribution in [-0.4, -0.2) is 0 Å². The Morgan fingerprint density at radius 1 is 0.833 bits per heavy atom. The summed E-state index contributed by atoms with van der Waals surface area (Å²) >= 11 is 0. The first-order valence-electron chi connectivity index (χ1n) is 5.54. The molecule has 0 radical (unpaired) electrons. The molecule has 0 heterocycles. The maximum absolute atomic E-state index is 2.42. The van der Waals surface area contributed by atoms with E-state index in [1.165, 1.54) is 12.8 Å². The van der Waals surface area contributed by atoms with Crippen LogP contribution >= 0.6 is 0 Å². The van der Waals surface area contributed by atoms with Crippen LogP contribution < -0.4 is 0 Å². The van der Waals surface area contributed by atoms with Gasteiger partial charge >= 0.3 is 0 Å². The fourth-order valence-corrected chi connectivity index (χ4v) is 2.24. The monoisotopic (exact) mass is 170 g/mol. The van der Waals surface area contributed by atoms with E-state index in [2.05, 4.69) is 41.5 Å². The van der Waals surface area contributed by atoms with Crippen molar-refractivity contribution in [2.75, 3.05) is 0 Å². The molecule has 0 rings (SSSR count). The zero-order chi connectivity index (χ0) is 9.72. The minimum Gasteiger partial charge on any atom is -0.0651 e. The fourth-order valence-electron chi connectivity index (χ4n) is 2.24. The van der Waals surface area contributed by atoms with Crippen molar-refractivity contribution in [2.24, 2.45) is 23.7 Å². The van der Waals surface area contributed by atoms with Gasteiger partial charge in [-0.05, 0) is 23.7 Å². The Balaban J connectivity index is 4.10. The standard InChI is InChI=1S/C12H26/c1-7-10(5)11(6)12(8-2)9(3)4/h9-12H,7-8H2,1-6H3. The molecular weight excluding hydrogens is 144 g/mol. The molecule has 0 amide bonds. The van der Waals surface area contributed by atoms with Crippen LogP contribution in [0.1, 0.15) is 54.4 Å². The van der Waals surface area contributed by atoms with E-state index in [9.17, 15) is 0 Å². The maximum Gasteiger partial charge on any atom is -0.0365 e. The average molecular weight is 170 g/mol. The van der Waals surface area contributed by atoms with Crippen molar-refractivity contribution in [2.45, 2.75) is 54.4 Å². The molecule has 0 heteroatoms.